The lowest BCUT2D eigenvalue weighted by molar-refractivity contribution is 0.0199. The molecular weight excluding hydrogens is 302 g/mol. The topological polar surface area (TPSA) is 35.2 Å². The third-order valence-electron chi connectivity index (χ3n) is 4.12. The van der Waals surface area contributed by atoms with Crippen LogP contribution in [0.5, 0.6) is 0 Å². The van der Waals surface area contributed by atoms with Gasteiger partial charge in [-0.25, -0.2) is 0 Å². The Morgan fingerprint density at radius 2 is 2.11 bits per heavy atom. The molecule has 2 N–H and O–H groups in total. The number of ether oxygens (including phenoxy) is 1. The summed E-state index contributed by atoms with van der Waals surface area (Å²) >= 11 is 3.60. The van der Waals surface area contributed by atoms with Crippen molar-refractivity contribution in [3.05, 3.63) is 34.3 Å². The molecule has 1 aromatic rings. The van der Waals surface area contributed by atoms with E-state index in [0.717, 1.165) is 23.4 Å². The zero-order valence-electron chi connectivity index (χ0n) is 11.6. The number of halogens is 1. The molecule has 1 aromatic carbocycles. The van der Waals surface area contributed by atoms with Gasteiger partial charge in [0.1, 0.15) is 0 Å². The van der Waals surface area contributed by atoms with Gasteiger partial charge in [-0.05, 0) is 30.4 Å². The molecule has 19 heavy (non-hydrogen) atoms. The summed E-state index contributed by atoms with van der Waals surface area (Å²) in [4.78, 5) is 0. The lowest BCUT2D eigenvalue weighted by Gasteiger charge is -2.28. The van der Waals surface area contributed by atoms with Crippen LogP contribution in [0.2, 0.25) is 0 Å². The minimum atomic E-state index is 0.000603. The molecule has 1 fully saturated rings. The normalized spacial score (nSPS) is 18.9. The summed E-state index contributed by atoms with van der Waals surface area (Å²) in [6.07, 6.45) is 6.26. The van der Waals surface area contributed by atoms with E-state index in [4.69, 9.17) is 10.5 Å². The van der Waals surface area contributed by atoms with Gasteiger partial charge in [-0.3, -0.25) is 0 Å². The molecule has 2 atom stereocenters. The first-order valence-electron chi connectivity index (χ1n) is 7.34. The Kier molecular flexibility index (Phi) is 5.86. The second-order valence-electron chi connectivity index (χ2n) is 5.47. The first-order valence-corrected chi connectivity index (χ1v) is 8.13. The van der Waals surface area contributed by atoms with Crippen LogP contribution in [0, 0.1) is 5.92 Å². The average molecular weight is 326 g/mol. The van der Waals surface area contributed by atoms with Crippen molar-refractivity contribution < 1.29 is 4.74 Å². The first kappa shape index (κ1) is 15.0. The van der Waals surface area contributed by atoms with Gasteiger partial charge in [0.2, 0.25) is 0 Å². The lowest BCUT2D eigenvalue weighted by Crippen LogP contribution is -2.30. The van der Waals surface area contributed by atoms with Crippen molar-refractivity contribution in [1.82, 2.24) is 0 Å². The average Bonchev–Trinajstić information content (AvgIpc) is 2.37. The minimum Gasteiger partial charge on any atom is -0.372 e. The van der Waals surface area contributed by atoms with Crippen LogP contribution in [0.15, 0.2) is 28.7 Å². The van der Waals surface area contributed by atoms with E-state index in [9.17, 15) is 0 Å². The van der Waals surface area contributed by atoms with Crippen LogP contribution in [0.25, 0.3) is 0 Å². The SMILES string of the molecule is CCC(N)C(OCCC1CCC1)c1ccccc1Br. The third-order valence-corrected chi connectivity index (χ3v) is 4.84. The second kappa shape index (κ2) is 7.41. The molecule has 2 rings (SSSR count). The standard InChI is InChI=1S/C16H24BrNO/c1-2-15(18)16(13-8-3-4-9-14(13)17)19-11-10-12-6-5-7-12/h3-4,8-9,12,15-16H,2,5-7,10-11,18H2,1H3. The van der Waals surface area contributed by atoms with Gasteiger partial charge in [-0.15, -0.1) is 0 Å². The van der Waals surface area contributed by atoms with E-state index >= 15 is 0 Å². The number of hydrogen-bond acceptors (Lipinski definition) is 2. The Morgan fingerprint density at radius 1 is 1.37 bits per heavy atom. The molecule has 1 aliphatic carbocycles. The Hall–Kier alpha value is -0.380. The highest BCUT2D eigenvalue weighted by molar-refractivity contribution is 9.10. The molecule has 2 nitrogen and oxygen atoms in total. The van der Waals surface area contributed by atoms with Crippen molar-refractivity contribution in [3.63, 3.8) is 0 Å². The molecular formula is C16H24BrNO. The fraction of sp³-hybridized carbons (Fsp3) is 0.625. The number of nitrogens with two attached hydrogens (primary N) is 1. The van der Waals surface area contributed by atoms with Gasteiger partial charge >= 0.3 is 0 Å². The van der Waals surface area contributed by atoms with E-state index in [-0.39, 0.29) is 12.1 Å². The van der Waals surface area contributed by atoms with E-state index in [1.807, 2.05) is 12.1 Å². The van der Waals surface area contributed by atoms with E-state index in [1.54, 1.807) is 0 Å². The molecule has 0 spiro atoms. The molecule has 1 saturated carbocycles. The summed E-state index contributed by atoms with van der Waals surface area (Å²) in [5.41, 5.74) is 7.41. The van der Waals surface area contributed by atoms with Crippen molar-refractivity contribution in [2.24, 2.45) is 11.7 Å². The van der Waals surface area contributed by atoms with Gasteiger partial charge in [0.15, 0.2) is 0 Å². The zero-order chi connectivity index (χ0) is 13.7. The maximum absolute atomic E-state index is 6.24. The number of hydrogen-bond donors (Lipinski definition) is 1. The Balaban J connectivity index is 1.96. The van der Waals surface area contributed by atoms with Gasteiger partial charge < -0.3 is 10.5 Å². The van der Waals surface area contributed by atoms with Crippen LogP contribution in [-0.2, 0) is 4.74 Å². The summed E-state index contributed by atoms with van der Waals surface area (Å²) in [7, 11) is 0. The maximum Gasteiger partial charge on any atom is 0.0986 e. The van der Waals surface area contributed by atoms with Gasteiger partial charge in [0.25, 0.3) is 0 Å². The Bertz CT molecular complexity index is 392. The van der Waals surface area contributed by atoms with Crippen LogP contribution in [0.4, 0.5) is 0 Å². The fourth-order valence-corrected chi connectivity index (χ4v) is 3.02. The monoisotopic (exact) mass is 325 g/mol. The summed E-state index contributed by atoms with van der Waals surface area (Å²) in [5.74, 6) is 0.887. The van der Waals surface area contributed by atoms with Crippen molar-refractivity contribution in [3.8, 4) is 0 Å². The predicted molar refractivity (Wildman–Crippen MR) is 83.1 cm³/mol. The van der Waals surface area contributed by atoms with E-state index in [0.29, 0.717) is 0 Å². The van der Waals surface area contributed by atoms with Gasteiger partial charge in [0, 0.05) is 17.1 Å². The minimum absolute atomic E-state index is 0.000603. The first-order chi connectivity index (χ1) is 9.22. The molecule has 0 radical (unpaired) electrons. The summed E-state index contributed by atoms with van der Waals surface area (Å²) in [5, 5.41) is 0. The van der Waals surface area contributed by atoms with Crippen LogP contribution < -0.4 is 5.73 Å². The molecule has 0 heterocycles. The van der Waals surface area contributed by atoms with Crippen LogP contribution >= 0.6 is 15.9 Å². The fourth-order valence-electron chi connectivity index (χ4n) is 2.51. The largest absolute Gasteiger partial charge is 0.372 e. The molecule has 2 unspecified atom stereocenters. The van der Waals surface area contributed by atoms with E-state index < -0.39 is 0 Å². The number of benzene rings is 1. The second-order valence-corrected chi connectivity index (χ2v) is 6.32. The molecule has 3 heteroatoms. The summed E-state index contributed by atoms with van der Waals surface area (Å²) in [6, 6.07) is 8.29. The van der Waals surface area contributed by atoms with Crippen LogP contribution in [-0.4, -0.2) is 12.6 Å². The highest BCUT2D eigenvalue weighted by Gasteiger charge is 2.23. The third kappa shape index (κ3) is 4.04. The Morgan fingerprint density at radius 3 is 2.68 bits per heavy atom. The molecule has 0 bridgehead atoms. The van der Waals surface area contributed by atoms with Crippen molar-refractivity contribution >= 4 is 15.9 Å². The van der Waals surface area contributed by atoms with Gasteiger partial charge in [-0.1, -0.05) is 60.3 Å². The van der Waals surface area contributed by atoms with Crippen molar-refractivity contribution in [1.29, 1.82) is 0 Å². The highest BCUT2D eigenvalue weighted by atomic mass is 79.9. The van der Waals surface area contributed by atoms with Crippen molar-refractivity contribution in [2.75, 3.05) is 6.61 Å². The molecule has 106 valence electrons. The zero-order valence-corrected chi connectivity index (χ0v) is 13.2. The van der Waals surface area contributed by atoms with Gasteiger partial charge in [0.05, 0.1) is 6.10 Å². The summed E-state index contributed by atoms with van der Waals surface area (Å²) < 4.78 is 7.20. The smallest absolute Gasteiger partial charge is 0.0986 e. The number of rotatable bonds is 7. The van der Waals surface area contributed by atoms with E-state index in [2.05, 4.69) is 35.0 Å². The van der Waals surface area contributed by atoms with Crippen LogP contribution in [0.3, 0.4) is 0 Å². The molecule has 0 aromatic heterocycles. The molecule has 1 aliphatic rings. The van der Waals surface area contributed by atoms with Gasteiger partial charge in [-0.2, -0.15) is 0 Å². The highest BCUT2D eigenvalue weighted by Crippen LogP contribution is 2.32. The lowest BCUT2D eigenvalue weighted by atomic mass is 9.83. The predicted octanol–water partition coefficient (Wildman–Crippen LogP) is 4.43. The molecule has 0 aliphatic heterocycles. The van der Waals surface area contributed by atoms with Crippen LogP contribution in [0.1, 0.15) is 50.7 Å². The summed E-state index contributed by atoms with van der Waals surface area (Å²) in [6.45, 7) is 2.94. The maximum atomic E-state index is 6.24. The molecule has 0 amide bonds. The Labute approximate surface area is 124 Å². The van der Waals surface area contributed by atoms with Crippen molar-refractivity contribution in [2.45, 2.75) is 51.2 Å². The quantitative estimate of drug-likeness (QED) is 0.804. The molecule has 0 saturated heterocycles. The van der Waals surface area contributed by atoms with E-state index in [1.165, 1.54) is 31.2 Å².